The summed E-state index contributed by atoms with van der Waals surface area (Å²) in [5.41, 5.74) is 7.36. The maximum atomic E-state index is 7.35. The first-order valence-electron chi connectivity index (χ1n) is 12.4. The van der Waals surface area contributed by atoms with Crippen molar-refractivity contribution in [3.05, 3.63) is 70.8 Å². The first-order chi connectivity index (χ1) is 15.1. The Hall–Kier alpha value is -0.217. The van der Waals surface area contributed by atoms with Crippen LogP contribution in [-0.4, -0.2) is 11.3 Å². The van der Waals surface area contributed by atoms with Crippen molar-refractivity contribution < 1.29 is 21.5 Å². The Bertz CT molecular complexity index is 841. The van der Waals surface area contributed by atoms with Crippen molar-refractivity contribution in [2.75, 3.05) is 0 Å². The van der Waals surface area contributed by atoms with Crippen LogP contribution in [-0.2, 0) is 21.5 Å². The van der Waals surface area contributed by atoms with Gasteiger partial charge in [0.1, 0.15) is 0 Å². The first-order valence-corrected chi connectivity index (χ1v) is 21.4. The number of aryl methyl sites for hydroxylation is 2. The Labute approximate surface area is 205 Å². The van der Waals surface area contributed by atoms with Crippen LogP contribution in [0.15, 0.2) is 48.5 Å². The van der Waals surface area contributed by atoms with Gasteiger partial charge >= 0.3 is 206 Å². The van der Waals surface area contributed by atoms with E-state index in [1.165, 1.54) is 86.5 Å². The Kier molecular flexibility index (Phi) is 8.70. The standard InChI is InChI=1S/C28H37P.ClH.Zr/c1-22-13-17-24(18-14-22)21-28(25-19-15-23(2)16-20-25)29(26-9-5-3-6-10-26)27-11-7-4-8-12-27;;/h13-21,26-27H,3-12H2,1-2H3;1H;. The summed E-state index contributed by atoms with van der Waals surface area (Å²) >= 11 is -0.994. The summed E-state index contributed by atoms with van der Waals surface area (Å²) in [5.74, 6) is 0. The normalized spacial score (nSPS) is 19.9. The predicted octanol–water partition coefficient (Wildman–Crippen LogP) is 9.37. The molecule has 2 aromatic rings. The van der Waals surface area contributed by atoms with Gasteiger partial charge in [-0.05, 0) is 0 Å². The van der Waals surface area contributed by atoms with Gasteiger partial charge in [-0.1, -0.05) is 0 Å². The van der Waals surface area contributed by atoms with Gasteiger partial charge in [0.25, 0.3) is 0 Å². The van der Waals surface area contributed by atoms with E-state index in [0.717, 1.165) is 11.3 Å². The molecule has 2 aliphatic carbocycles. The molecule has 2 aromatic carbocycles. The van der Waals surface area contributed by atoms with E-state index in [1.54, 1.807) is 5.31 Å². The zero-order valence-electron chi connectivity index (χ0n) is 19.3. The molecule has 0 bridgehead atoms. The van der Waals surface area contributed by atoms with Crippen molar-refractivity contribution >= 4 is 24.5 Å². The van der Waals surface area contributed by atoms with E-state index < -0.39 is 26.0 Å². The number of benzene rings is 2. The van der Waals surface area contributed by atoms with Crippen LogP contribution in [0.1, 0.15) is 86.5 Å². The Morgan fingerprint density at radius 1 is 0.742 bits per heavy atom. The van der Waals surface area contributed by atoms with Crippen LogP contribution in [0.2, 0.25) is 0 Å². The fourth-order valence-corrected chi connectivity index (χ4v) is 27.9. The summed E-state index contributed by atoms with van der Waals surface area (Å²) in [4.78, 5) is 0. The van der Waals surface area contributed by atoms with Crippen LogP contribution in [0.25, 0.3) is 11.4 Å². The van der Waals surface area contributed by atoms with Crippen LogP contribution >= 0.6 is 13.1 Å². The van der Waals surface area contributed by atoms with Gasteiger partial charge in [-0.15, -0.1) is 0 Å². The summed E-state index contributed by atoms with van der Waals surface area (Å²) in [7, 11) is 7.35. The molecule has 2 fully saturated rings. The Morgan fingerprint density at radius 2 is 1.19 bits per heavy atom. The van der Waals surface area contributed by atoms with Gasteiger partial charge in [0.2, 0.25) is 0 Å². The van der Waals surface area contributed by atoms with E-state index in [4.69, 9.17) is 8.51 Å². The Balaban J connectivity index is 1.89. The van der Waals surface area contributed by atoms with Crippen molar-refractivity contribution in [1.29, 1.82) is 0 Å². The monoisotopic (exact) mass is 530 g/mol. The van der Waals surface area contributed by atoms with E-state index in [0.29, 0.717) is 0 Å². The van der Waals surface area contributed by atoms with Gasteiger partial charge in [0.05, 0.1) is 0 Å². The Morgan fingerprint density at radius 3 is 1.65 bits per heavy atom. The fraction of sp³-hybridized carbons (Fsp3) is 0.500. The molecule has 0 atom stereocenters. The maximum absolute atomic E-state index is 7.35. The average molecular weight is 532 g/mol. The molecular weight excluding hydrogens is 494 g/mol. The summed E-state index contributed by atoms with van der Waals surface area (Å²) in [6.07, 6.45) is 16.9. The van der Waals surface area contributed by atoms with Gasteiger partial charge in [-0.25, -0.2) is 0 Å². The number of halogens is 1. The van der Waals surface area contributed by atoms with E-state index >= 15 is 0 Å². The summed E-state index contributed by atoms with van der Waals surface area (Å²) in [6.45, 7) is 4.39. The molecule has 0 heterocycles. The average Bonchev–Trinajstić information content (AvgIpc) is 2.82. The third kappa shape index (κ3) is 5.48. The molecule has 4 rings (SSSR count). The SMILES string of the molecule is Cc1ccc(C=C(c2ccc(C)cc2)[PH]([Zr][Cl])(C2CCCCC2)C2CCCCC2)cc1. The van der Waals surface area contributed by atoms with Crippen LogP contribution in [0.4, 0.5) is 0 Å². The summed E-state index contributed by atoms with van der Waals surface area (Å²) < 4.78 is -1.76. The summed E-state index contributed by atoms with van der Waals surface area (Å²) in [6, 6.07) is 18.6. The second kappa shape index (κ2) is 11.3. The number of rotatable bonds is 6. The van der Waals surface area contributed by atoms with Gasteiger partial charge in [-0.2, -0.15) is 0 Å². The van der Waals surface area contributed by atoms with Crippen molar-refractivity contribution in [3.63, 3.8) is 0 Å². The van der Waals surface area contributed by atoms with E-state index in [1.807, 2.05) is 0 Å². The molecule has 2 aliphatic rings. The zero-order valence-corrected chi connectivity index (χ0v) is 23.5. The quantitative estimate of drug-likeness (QED) is 0.257. The predicted molar refractivity (Wildman–Crippen MR) is 138 cm³/mol. The molecule has 0 unspecified atom stereocenters. The minimum absolute atomic E-state index is 0.909. The van der Waals surface area contributed by atoms with Crippen molar-refractivity contribution in [1.82, 2.24) is 0 Å². The molecule has 0 amide bonds. The van der Waals surface area contributed by atoms with Crippen molar-refractivity contribution in [2.24, 2.45) is 0 Å². The molecule has 0 nitrogen and oxygen atoms in total. The molecule has 0 saturated heterocycles. The third-order valence-corrected chi connectivity index (χ3v) is 29.1. The molecule has 3 heteroatoms. The van der Waals surface area contributed by atoms with Gasteiger partial charge in [-0.3, -0.25) is 0 Å². The van der Waals surface area contributed by atoms with Gasteiger partial charge < -0.3 is 0 Å². The number of hydrogen-bond donors (Lipinski definition) is 0. The van der Waals surface area contributed by atoms with Crippen molar-refractivity contribution in [2.45, 2.75) is 89.4 Å². The molecule has 0 aliphatic heterocycles. The zero-order chi connectivity index (χ0) is 21.7. The first kappa shape index (κ1) is 23.9. The molecule has 2 saturated carbocycles. The minimum atomic E-state index is -1.76. The van der Waals surface area contributed by atoms with E-state index in [2.05, 4.69) is 68.5 Å². The molecule has 0 spiro atoms. The van der Waals surface area contributed by atoms with Gasteiger partial charge in [0.15, 0.2) is 0 Å². The van der Waals surface area contributed by atoms with Crippen LogP contribution < -0.4 is 0 Å². The van der Waals surface area contributed by atoms with Crippen LogP contribution in [0.3, 0.4) is 0 Å². The molecule has 0 aromatic heterocycles. The molecular formula is C28H38ClPZr. The second-order valence-corrected chi connectivity index (χ2v) is 24.9. The molecule has 166 valence electrons. The van der Waals surface area contributed by atoms with E-state index in [9.17, 15) is 0 Å². The third-order valence-electron chi connectivity index (χ3n) is 7.85. The second-order valence-electron chi connectivity index (χ2n) is 9.97. The fourth-order valence-electron chi connectivity index (χ4n) is 6.10. The molecule has 0 radical (unpaired) electrons. The summed E-state index contributed by atoms with van der Waals surface area (Å²) in [5, 5.41) is 1.72. The molecule has 31 heavy (non-hydrogen) atoms. The number of hydrogen-bond acceptors (Lipinski definition) is 0. The molecule has 0 N–H and O–H groups in total. The van der Waals surface area contributed by atoms with E-state index in [-0.39, 0.29) is 0 Å². The van der Waals surface area contributed by atoms with Crippen LogP contribution in [0, 0.1) is 13.8 Å². The van der Waals surface area contributed by atoms with Crippen LogP contribution in [0.5, 0.6) is 0 Å². The topological polar surface area (TPSA) is 0 Å². The van der Waals surface area contributed by atoms with Gasteiger partial charge in [0, 0.05) is 0 Å². The van der Waals surface area contributed by atoms with Crippen molar-refractivity contribution in [3.8, 4) is 0 Å².